The maximum Gasteiger partial charge on any atom is 0.328 e. The maximum absolute atomic E-state index is 13.0. The van der Waals surface area contributed by atoms with Crippen molar-refractivity contribution in [2.75, 3.05) is 19.8 Å². The predicted molar refractivity (Wildman–Crippen MR) is 86.9 cm³/mol. The summed E-state index contributed by atoms with van der Waals surface area (Å²) in [6.45, 7) is 4.76. The molecule has 8 heteroatoms. The molecule has 1 aromatic heterocycles. The number of sulfonamides is 1. The van der Waals surface area contributed by atoms with E-state index >= 15 is 0 Å². The van der Waals surface area contributed by atoms with E-state index < -0.39 is 15.6 Å². The number of hydrogen-bond donors (Lipinski definition) is 0. The molecule has 0 bridgehead atoms. The van der Waals surface area contributed by atoms with Crippen molar-refractivity contribution in [2.24, 2.45) is 14.1 Å². The fourth-order valence-corrected chi connectivity index (χ4v) is 4.84. The van der Waals surface area contributed by atoms with Gasteiger partial charge in [-0.15, -0.1) is 0 Å². The van der Waals surface area contributed by atoms with Crippen molar-refractivity contribution in [2.45, 2.75) is 24.3 Å². The molecule has 0 amide bonds. The van der Waals surface area contributed by atoms with Gasteiger partial charge in [0.1, 0.15) is 0 Å². The zero-order valence-electron chi connectivity index (χ0n) is 13.7. The van der Waals surface area contributed by atoms with E-state index in [1.165, 1.54) is 13.4 Å². The van der Waals surface area contributed by atoms with Crippen LogP contribution >= 0.6 is 0 Å². The Bertz CT molecular complexity index is 924. The van der Waals surface area contributed by atoms with E-state index in [4.69, 9.17) is 4.74 Å². The van der Waals surface area contributed by atoms with E-state index in [1.54, 1.807) is 32.3 Å². The Balaban J connectivity index is 2.15. The molecule has 0 aliphatic carbocycles. The van der Waals surface area contributed by atoms with Crippen molar-refractivity contribution in [3.63, 3.8) is 0 Å². The highest BCUT2D eigenvalue weighted by Gasteiger charge is 2.39. The average molecular weight is 339 g/mol. The summed E-state index contributed by atoms with van der Waals surface area (Å²) in [5, 5.41) is 0. The van der Waals surface area contributed by atoms with Gasteiger partial charge in [0.2, 0.25) is 10.0 Å². The maximum atomic E-state index is 13.0. The number of hydrogen-bond acceptors (Lipinski definition) is 4. The van der Waals surface area contributed by atoms with Crippen LogP contribution in [0.15, 0.2) is 27.9 Å². The van der Waals surface area contributed by atoms with Crippen LogP contribution in [0.1, 0.15) is 13.8 Å². The van der Waals surface area contributed by atoms with Gasteiger partial charge in [-0.05, 0) is 32.0 Å². The molecule has 0 unspecified atom stereocenters. The van der Waals surface area contributed by atoms with Crippen LogP contribution in [0.4, 0.5) is 0 Å². The molecule has 7 nitrogen and oxygen atoms in total. The molecule has 0 saturated carbocycles. The van der Waals surface area contributed by atoms with Gasteiger partial charge in [-0.1, -0.05) is 0 Å². The van der Waals surface area contributed by atoms with E-state index in [-0.39, 0.29) is 10.6 Å². The fourth-order valence-electron chi connectivity index (χ4n) is 3.06. The van der Waals surface area contributed by atoms with Gasteiger partial charge in [0.15, 0.2) is 0 Å². The van der Waals surface area contributed by atoms with Crippen LogP contribution < -0.4 is 5.69 Å². The Labute approximate surface area is 135 Å². The molecule has 0 radical (unpaired) electrons. The van der Waals surface area contributed by atoms with Crippen LogP contribution in [-0.2, 0) is 28.9 Å². The number of imidazole rings is 1. The van der Waals surface area contributed by atoms with Gasteiger partial charge in [-0.2, -0.15) is 4.31 Å². The third-order valence-corrected chi connectivity index (χ3v) is 6.51. The van der Waals surface area contributed by atoms with E-state index in [9.17, 15) is 13.2 Å². The van der Waals surface area contributed by atoms with E-state index in [0.29, 0.717) is 30.8 Å². The van der Waals surface area contributed by atoms with E-state index in [0.717, 1.165) is 0 Å². The first-order chi connectivity index (χ1) is 10.7. The molecule has 0 spiro atoms. The van der Waals surface area contributed by atoms with Crippen molar-refractivity contribution >= 4 is 21.1 Å². The molecule has 2 aromatic rings. The molecular weight excluding hydrogens is 318 g/mol. The van der Waals surface area contributed by atoms with Gasteiger partial charge < -0.3 is 4.74 Å². The molecule has 1 saturated heterocycles. The van der Waals surface area contributed by atoms with Crippen LogP contribution in [0.5, 0.6) is 0 Å². The monoisotopic (exact) mass is 339 g/mol. The highest BCUT2D eigenvalue weighted by atomic mass is 32.2. The summed E-state index contributed by atoms with van der Waals surface area (Å²) in [5.74, 6) is 0. The van der Waals surface area contributed by atoms with E-state index in [2.05, 4.69) is 0 Å². The van der Waals surface area contributed by atoms with Gasteiger partial charge in [-0.25, -0.2) is 13.2 Å². The first kappa shape index (κ1) is 16.2. The lowest BCUT2D eigenvalue weighted by molar-refractivity contribution is -0.00770. The minimum atomic E-state index is -3.65. The first-order valence-corrected chi connectivity index (χ1v) is 8.86. The second-order valence-corrected chi connectivity index (χ2v) is 8.36. The SMILES string of the molecule is Cn1c(=O)n(C)c2cc(S(=O)(=O)N3CCOCC3(C)C)ccc21. The standard InChI is InChI=1S/C15H21N3O4S/c1-15(2)10-22-8-7-18(15)23(20,21)11-5-6-12-13(9-11)17(4)14(19)16(12)3/h5-6,9H,7-8,10H2,1-4H3. The zero-order valence-corrected chi connectivity index (χ0v) is 14.6. The van der Waals surface area contributed by atoms with Crippen molar-refractivity contribution in [1.29, 1.82) is 0 Å². The number of ether oxygens (including phenoxy) is 1. The highest BCUT2D eigenvalue weighted by Crippen LogP contribution is 2.28. The quantitative estimate of drug-likeness (QED) is 0.806. The lowest BCUT2D eigenvalue weighted by Gasteiger charge is -2.40. The lowest BCUT2D eigenvalue weighted by atomic mass is 10.1. The first-order valence-electron chi connectivity index (χ1n) is 7.42. The number of aromatic nitrogens is 2. The van der Waals surface area contributed by atoms with Crippen LogP contribution in [0.3, 0.4) is 0 Å². The second kappa shape index (κ2) is 5.19. The summed E-state index contributed by atoms with van der Waals surface area (Å²) in [6.07, 6.45) is 0. The Hall–Kier alpha value is -1.64. The van der Waals surface area contributed by atoms with Gasteiger partial charge in [0, 0.05) is 20.6 Å². The molecule has 1 aliphatic rings. The number of fused-ring (bicyclic) bond motifs is 1. The fraction of sp³-hybridized carbons (Fsp3) is 0.533. The van der Waals surface area contributed by atoms with Crippen LogP contribution in [-0.4, -0.2) is 47.2 Å². The van der Waals surface area contributed by atoms with Crippen molar-refractivity contribution < 1.29 is 13.2 Å². The molecular formula is C15H21N3O4S. The Morgan fingerprint density at radius 3 is 2.43 bits per heavy atom. The van der Waals surface area contributed by atoms with Crippen LogP contribution in [0, 0.1) is 0 Å². The minimum Gasteiger partial charge on any atom is -0.378 e. The summed E-state index contributed by atoms with van der Waals surface area (Å²) >= 11 is 0. The minimum absolute atomic E-state index is 0.179. The summed E-state index contributed by atoms with van der Waals surface area (Å²) in [7, 11) is -0.344. The molecule has 3 rings (SSSR count). The number of benzene rings is 1. The summed E-state index contributed by atoms with van der Waals surface area (Å²) in [6, 6.07) is 4.80. The van der Waals surface area contributed by atoms with Crippen molar-refractivity contribution in [3.05, 3.63) is 28.7 Å². The molecule has 1 fully saturated rings. The van der Waals surface area contributed by atoms with Crippen LogP contribution in [0.2, 0.25) is 0 Å². The number of rotatable bonds is 2. The predicted octanol–water partition coefficient (Wildman–Crippen LogP) is 0.677. The Kier molecular flexibility index (Phi) is 3.66. The van der Waals surface area contributed by atoms with Gasteiger partial charge in [-0.3, -0.25) is 9.13 Å². The third kappa shape index (κ3) is 2.41. The molecule has 2 heterocycles. The van der Waals surface area contributed by atoms with Gasteiger partial charge >= 0.3 is 5.69 Å². The topological polar surface area (TPSA) is 73.5 Å². The average Bonchev–Trinajstić information content (AvgIpc) is 2.71. The number of morpholine rings is 1. The lowest BCUT2D eigenvalue weighted by Crippen LogP contribution is -2.55. The summed E-state index contributed by atoms with van der Waals surface area (Å²) in [5.41, 5.74) is 0.526. The largest absolute Gasteiger partial charge is 0.378 e. The third-order valence-electron chi connectivity index (χ3n) is 4.40. The summed E-state index contributed by atoms with van der Waals surface area (Å²) < 4.78 is 35.9. The van der Waals surface area contributed by atoms with Crippen molar-refractivity contribution in [3.8, 4) is 0 Å². The van der Waals surface area contributed by atoms with Gasteiger partial charge in [0.05, 0.1) is 34.7 Å². The normalized spacial score (nSPS) is 19.3. The second-order valence-electron chi connectivity index (χ2n) is 6.49. The molecule has 126 valence electrons. The summed E-state index contributed by atoms with van der Waals surface area (Å²) in [4.78, 5) is 12.2. The molecule has 1 aliphatic heterocycles. The molecule has 0 N–H and O–H groups in total. The van der Waals surface area contributed by atoms with Crippen molar-refractivity contribution in [1.82, 2.24) is 13.4 Å². The zero-order chi connectivity index (χ0) is 17.0. The van der Waals surface area contributed by atoms with Gasteiger partial charge in [0.25, 0.3) is 0 Å². The van der Waals surface area contributed by atoms with Crippen LogP contribution in [0.25, 0.3) is 11.0 Å². The smallest absolute Gasteiger partial charge is 0.328 e. The molecule has 1 aromatic carbocycles. The number of nitrogens with zero attached hydrogens (tertiary/aromatic N) is 3. The Morgan fingerprint density at radius 2 is 1.78 bits per heavy atom. The molecule has 23 heavy (non-hydrogen) atoms. The Morgan fingerprint density at radius 1 is 1.13 bits per heavy atom. The highest BCUT2D eigenvalue weighted by molar-refractivity contribution is 7.89. The molecule has 0 atom stereocenters. The van der Waals surface area contributed by atoms with E-state index in [1.807, 2.05) is 13.8 Å². The number of aryl methyl sites for hydroxylation is 2.